The number of ether oxygens (including phenoxy) is 1. The first kappa shape index (κ1) is 11.1. The number of para-hydroxylation sites is 1. The highest BCUT2D eigenvalue weighted by Gasteiger charge is 2.17. The number of hydrogen-bond donors (Lipinski definition) is 1. The van der Waals surface area contributed by atoms with E-state index in [4.69, 9.17) is 10.5 Å². The summed E-state index contributed by atoms with van der Waals surface area (Å²) in [6.45, 7) is 2.82. The summed E-state index contributed by atoms with van der Waals surface area (Å²) in [6.07, 6.45) is 3.87. The van der Waals surface area contributed by atoms with E-state index in [1.807, 2.05) is 13.0 Å². The third kappa shape index (κ3) is 1.82. The summed E-state index contributed by atoms with van der Waals surface area (Å²) < 4.78 is 5.82. The summed E-state index contributed by atoms with van der Waals surface area (Å²) >= 11 is 0. The van der Waals surface area contributed by atoms with E-state index in [2.05, 4.69) is 23.2 Å². The zero-order valence-electron chi connectivity index (χ0n) is 10.4. The minimum atomic E-state index is 0.696. The Morgan fingerprint density at radius 2 is 2.22 bits per heavy atom. The molecule has 3 heteroatoms. The standard InChI is InChI=1S/C15H16N2O/c1-10-8-12(16)9-17-14(10)13-6-2-4-11-5-3-7-18-15(11)13/h2,4,6,8-9H,3,5,7,16H2,1H3. The SMILES string of the molecule is Cc1cc(N)cnc1-c1cccc2c1OCCC2. The van der Waals surface area contributed by atoms with Crippen LogP contribution >= 0.6 is 0 Å². The molecule has 0 saturated heterocycles. The summed E-state index contributed by atoms with van der Waals surface area (Å²) in [5.41, 5.74) is 10.8. The van der Waals surface area contributed by atoms with Crippen LogP contribution in [0, 0.1) is 6.92 Å². The molecule has 18 heavy (non-hydrogen) atoms. The average molecular weight is 240 g/mol. The van der Waals surface area contributed by atoms with Gasteiger partial charge in [-0.2, -0.15) is 0 Å². The maximum Gasteiger partial charge on any atom is 0.131 e. The van der Waals surface area contributed by atoms with Gasteiger partial charge in [0.15, 0.2) is 0 Å². The third-order valence-electron chi connectivity index (χ3n) is 3.29. The Kier molecular flexibility index (Phi) is 2.67. The molecule has 2 aromatic rings. The van der Waals surface area contributed by atoms with Gasteiger partial charge in [-0.1, -0.05) is 12.1 Å². The molecule has 0 bridgehead atoms. The van der Waals surface area contributed by atoms with E-state index in [1.165, 1.54) is 5.56 Å². The zero-order chi connectivity index (χ0) is 12.5. The monoisotopic (exact) mass is 240 g/mol. The van der Waals surface area contributed by atoms with Crippen molar-refractivity contribution in [2.45, 2.75) is 19.8 Å². The van der Waals surface area contributed by atoms with Gasteiger partial charge in [0, 0.05) is 5.56 Å². The summed E-state index contributed by atoms with van der Waals surface area (Å²) in [6, 6.07) is 8.21. The minimum absolute atomic E-state index is 0.696. The molecule has 3 rings (SSSR count). The highest BCUT2D eigenvalue weighted by atomic mass is 16.5. The number of pyridine rings is 1. The van der Waals surface area contributed by atoms with Gasteiger partial charge in [-0.05, 0) is 43.0 Å². The number of benzene rings is 1. The molecule has 1 aromatic heterocycles. The quantitative estimate of drug-likeness (QED) is 0.833. The Hall–Kier alpha value is -2.03. The van der Waals surface area contributed by atoms with Gasteiger partial charge in [0.1, 0.15) is 5.75 Å². The lowest BCUT2D eigenvalue weighted by Gasteiger charge is -2.20. The molecule has 92 valence electrons. The number of nitrogen functional groups attached to an aromatic ring is 1. The zero-order valence-corrected chi connectivity index (χ0v) is 10.4. The topological polar surface area (TPSA) is 48.1 Å². The molecule has 1 aromatic carbocycles. The van der Waals surface area contributed by atoms with Gasteiger partial charge >= 0.3 is 0 Å². The van der Waals surface area contributed by atoms with Crippen molar-refractivity contribution >= 4 is 5.69 Å². The van der Waals surface area contributed by atoms with Crippen molar-refractivity contribution in [1.82, 2.24) is 4.98 Å². The molecule has 0 aliphatic carbocycles. The van der Waals surface area contributed by atoms with Crippen LogP contribution in [0.1, 0.15) is 17.5 Å². The molecule has 0 radical (unpaired) electrons. The van der Waals surface area contributed by atoms with Crippen LogP contribution in [-0.2, 0) is 6.42 Å². The highest BCUT2D eigenvalue weighted by molar-refractivity contribution is 5.72. The van der Waals surface area contributed by atoms with Gasteiger partial charge < -0.3 is 10.5 Å². The van der Waals surface area contributed by atoms with Crippen molar-refractivity contribution in [2.75, 3.05) is 12.3 Å². The highest BCUT2D eigenvalue weighted by Crippen LogP contribution is 2.36. The Morgan fingerprint density at radius 3 is 3.06 bits per heavy atom. The van der Waals surface area contributed by atoms with Crippen LogP contribution in [0.2, 0.25) is 0 Å². The molecule has 2 heterocycles. The number of nitrogens with zero attached hydrogens (tertiary/aromatic N) is 1. The maximum absolute atomic E-state index is 5.82. The molecule has 0 unspecified atom stereocenters. The van der Waals surface area contributed by atoms with Gasteiger partial charge in [0.25, 0.3) is 0 Å². The molecule has 0 amide bonds. The molecule has 1 aliphatic heterocycles. The molecule has 0 saturated carbocycles. The van der Waals surface area contributed by atoms with Crippen LogP contribution in [-0.4, -0.2) is 11.6 Å². The van der Waals surface area contributed by atoms with E-state index in [0.29, 0.717) is 5.69 Å². The number of rotatable bonds is 1. The van der Waals surface area contributed by atoms with E-state index in [0.717, 1.165) is 42.0 Å². The minimum Gasteiger partial charge on any atom is -0.493 e. The number of anilines is 1. The molecule has 1 aliphatic rings. The van der Waals surface area contributed by atoms with Crippen molar-refractivity contribution in [1.29, 1.82) is 0 Å². The van der Waals surface area contributed by atoms with Gasteiger partial charge in [-0.25, -0.2) is 0 Å². The Balaban J connectivity index is 2.17. The van der Waals surface area contributed by atoms with Gasteiger partial charge in [0.2, 0.25) is 0 Å². The first-order valence-corrected chi connectivity index (χ1v) is 6.23. The smallest absolute Gasteiger partial charge is 0.131 e. The summed E-state index contributed by atoms with van der Waals surface area (Å²) in [5.74, 6) is 0.990. The molecule has 2 N–H and O–H groups in total. The summed E-state index contributed by atoms with van der Waals surface area (Å²) in [4.78, 5) is 4.45. The van der Waals surface area contributed by atoms with E-state index < -0.39 is 0 Å². The second-order valence-corrected chi connectivity index (χ2v) is 4.68. The number of hydrogen-bond acceptors (Lipinski definition) is 3. The van der Waals surface area contributed by atoms with Crippen molar-refractivity contribution in [3.05, 3.63) is 41.6 Å². The molecule has 0 fully saturated rings. The lowest BCUT2D eigenvalue weighted by Crippen LogP contribution is -2.09. The van der Waals surface area contributed by atoms with E-state index in [-0.39, 0.29) is 0 Å². The van der Waals surface area contributed by atoms with Crippen LogP contribution in [0.3, 0.4) is 0 Å². The maximum atomic E-state index is 5.82. The second kappa shape index (κ2) is 4.33. The summed E-state index contributed by atoms with van der Waals surface area (Å²) in [5, 5.41) is 0. The van der Waals surface area contributed by atoms with E-state index >= 15 is 0 Å². The predicted molar refractivity (Wildman–Crippen MR) is 72.6 cm³/mol. The fourth-order valence-corrected chi connectivity index (χ4v) is 2.45. The van der Waals surface area contributed by atoms with Crippen LogP contribution in [0.5, 0.6) is 5.75 Å². The van der Waals surface area contributed by atoms with Gasteiger partial charge in [-0.3, -0.25) is 4.98 Å². The molecular formula is C15H16N2O. The van der Waals surface area contributed by atoms with Crippen LogP contribution in [0.25, 0.3) is 11.3 Å². The van der Waals surface area contributed by atoms with Gasteiger partial charge in [0.05, 0.1) is 24.2 Å². The number of aryl methyl sites for hydroxylation is 2. The molecular weight excluding hydrogens is 224 g/mol. The van der Waals surface area contributed by atoms with Gasteiger partial charge in [-0.15, -0.1) is 0 Å². The van der Waals surface area contributed by atoms with Crippen molar-refractivity contribution in [2.24, 2.45) is 0 Å². The van der Waals surface area contributed by atoms with Crippen molar-refractivity contribution in [3.8, 4) is 17.0 Å². The fourth-order valence-electron chi connectivity index (χ4n) is 2.45. The van der Waals surface area contributed by atoms with Crippen LogP contribution < -0.4 is 10.5 Å². The number of aromatic nitrogens is 1. The lowest BCUT2D eigenvalue weighted by atomic mass is 9.98. The van der Waals surface area contributed by atoms with Crippen molar-refractivity contribution in [3.63, 3.8) is 0 Å². The third-order valence-corrected chi connectivity index (χ3v) is 3.29. The Bertz CT molecular complexity index is 593. The van der Waals surface area contributed by atoms with Crippen LogP contribution in [0.4, 0.5) is 5.69 Å². The van der Waals surface area contributed by atoms with E-state index in [9.17, 15) is 0 Å². The Labute approximate surface area is 107 Å². The van der Waals surface area contributed by atoms with Crippen molar-refractivity contribution < 1.29 is 4.74 Å². The number of fused-ring (bicyclic) bond motifs is 1. The lowest BCUT2D eigenvalue weighted by molar-refractivity contribution is 0.289. The molecule has 0 spiro atoms. The predicted octanol–water partition coefficient (Wildman–Crippen LogP) is 2.96. The first-order chi connectivity index (χ1) is 8.75. The largest absolute Gasteiger partial charge is 0.493 e. The normalized spacial score (nSPS) is 13.8. The average Bonchev–Trinajstić information content (AvgIpc) is 2.38. The molecule has 0 atom stereocenters. The Morgan fingerprint density at radius 1 is 1.33 bits per heavy atom. The number of nitrogens with two attached hydrogens (primary N) is 1. The fraction of sp³-hybridized carbons (Fsp3) is 0.267. The van der Waals surface area contributed by atoms with Crippen LogP contribution in [0.15, 0.2) is 30.5 Å². The molecule has 3 nitrogen and oxygen atoms in total. The van der Waals surface area contributed by atoms with E-state index in [1.54, 1.807) is 6.20 Å². The first-order valence-electron chi connectivity index (χ1n) is 6.23. The summed E-state index contributed by atoms with van der Waals surface area (Å²) in [7, 11) is 0. The second-order valence-electron chi connectivity index (χ2n) is 4.68.